The van der Waals surface area contributed by atoms with E-state index in [1.807, 2.05) is 0 Å². The van der Waals surface area contributed by atoms with Crippen molar-refractivity contribution in [2.45, 2.75) is 32.7 Å². The number of aromatic nitrogens is 3. The summed E-state index contributed by atoms with van der Waals surface area (Å²) in [5.41, 5.74) is 2.57. The Bertz CT molecular complexity index is 447. The summed E-state index contributed by atoms with van der Waals surface area (Å²) in [6, 6.07) is 8.76. The number of aromatic amines is 1. The molecular formula is C14H20N4. The fraction of sp³-hybridized carbons (Fsp3) is 0.429. The molecule has 0 spiro atoms. The Morgan fingerprint density at radius 1 is 1.22 bits per heavy atom. The first-order chi connectivity index (χ1) is 8.85. The standard InChI is InChI=1S/C14H20N4/c1-3-9-15-13(14-16-10-17-18-14)12-7-5-11(4-2)6-8-12/h5-8,10,13,15H,3-4,9H2,1-2H3,(H,16,17,18). The second-order valence-electron chi connectivity index (χ2n) is 4.35. The minimum Gasteiger partial charge on any atom is -0.304 e. The van der Waals surface area contributed by atoms with Crippen LogP contribution in [0, 0.1) is 0 Å². The van der Waals surface area contributed by atoms with Gasteiger partial charge in [0.05, 0.1) is 6.04 Å². The summed E-state index contributed by atoms with van der Waals surface area (Å²) in [6.07, 6.45) is 3.71. The predicted octanol–water partition coefficient (Wildman–Crippen LogP) is 2.46. The summed E-state index contributed by atoms with van der Waals surface area (Å²) in [5, 5.41) is 10.4. The van der Waals surface area contributed by atoms with E-state index in [0.717, 1.165) is 25.2 Å². The van der Waals surface area contributed by atoms with Crippen LogP contribution in [0.5, 0.6) is 0 Å². The van der Waals surface area contributed by atoms with E-state index < -0.39 is 0 Å². The van der Waals surface area contributed by atoms with Crippen molar-refractivity contribution in [3.8, 4) is 0 Å². The molecular weight excluding hydrogens is 224 g/mol. The van der Waals surface area contributed by atoms with Crippen LogP contribution in [-0.4, -0.2) is 21.7 Å². The highest BCUT2D eigenvalue weighted by molar-refractivity contribution is 5.28. The molecule has 2 N–H and O–H groups in total. The van der Waals surface area contributed by atoms with Crippen molar-refractivity contribution in [1.29, 1.82) is 0 Å². The van der Waals surface area contributed by atoms with Crippen LogP contribution in [-0.2, 0) is 6.42 Å². The second-order valence-corrected chi connectivity index (χ2v) is 4.35. The molecule has 0 radical (unpaired) electrons. The lowest BCUT2D eigenvalue weighted by Gasteiger charge is -2.16. The van der Waals surface area contributed by atoms with Crippen molar-refractivity contribution in [3.63, 3.8) is 0 Å². The maximum Gasteiger partial charge on any atom is 0.145 e. The van der Waals surface area contributed by atoms with Gasteiger partial charge in [-0.05, 0) is 30.5 Å². The van der Waals surface area contributed by atoms with Crippen molar-refractivity contribution < 1.29 is 0 Å². The number of hydrogen-bond donors (Lipinski definition) is 2. The molecule has 2 aromatic rings. The first-order valence-corrected chi connectivity index (χ1v) is 6.52. The number of nitrogens with one attached hydrogen (secondary N) is 2. The number of benzene rings is 1. The summed E-state index contributed by atoms with van der Waals surface area (Å²) in [4.78, 5) is 4.26. The predicted molar refractivity (Wildman–Crippen MR) is 72.3 cm³/mol. The van der Waals surface area contributed by atoms with Crippen LogP contribution in [0.2, 0.25) is 0 Å². The molecule has 1 unspecified atom stereocenters. The second kappa shape index (κ2) is 6.31. The molecule has 1 heterocycles. The fourth-order valence-electron chi connectivity index (χ4n) is 1.96. The van der Waals surface area contributed by atoms with E-state index in [0.29, 0.717) is 0 Å². The average molecular weight is 244 g/mol. The lowest BCUT2D eigenvalue weighted by atomic mass is 10.0. The van der Waals surface area contributed by atoms with Gasteiger partial charge in [-0.25, -0.2) is 4.98 Å². The van der Waals surface area contributed by atoms with Gasteiger partial charge in [0, 0.05) is 0 Å². The van der Waals surface area contributed by atoms with Gasteiger partial charge in [0.25, 0.3) is 0 Å². The molecule has 0 saturated carbocycles. The van der Waals surface area contributed by atoms with Gasteiger partial charge in [-0.1, -0.05) is 38.1 Å². The number of aryl methyl sites for hydroxylation is 1. The zero-order valence-corrected chi connectivity index (χ0v) is 11.0. The Balaban J connectivity index is 2.21. The molecule has 0 bridgehead atoms. The summed E-state index contributed by atoms with van der Waals surface area (Å²) in [6.45, 7) is 5.28. The Kier molecular flexibility index (Phi) is 4.47. The molecule has 96 valence electrons. The molecule has 1 aromatic heterocycles. The van der Waals surface area contributed by atoms with Gasteiger partial charge in [-0.2, -0.15) is 5.10 Å². The van der Waals surface area contributed by atoms with Crippen LogP contribution >= 0.6 is 0 Å². The van der Waals surface area contributed by atoms with Gasteiger partial charge in [-0.3, -0.25) is 5.10 Å². The van der Waals surface area contributed by atoms with Crippen LogP contribution in [0.4, 0.5) is 0 Å². The zero-order valence-electron chi connectivity index (χ0n) is 11.0. The maximum absolute atomic E-state index is 4.26. The molecule has 4 heteroatoms. The number of rotatable bonds is 6. The highest BCUT2D eigenvalue weighted by atomic mass is 15.2. The highest BCUT2D eigenvalue weighted by Crippen LogP contribution is 2.19. The van der Waals surface area contributed by atoms with Crippen molar-refractivity contribution in [2.24, 2.45) is 0 Å². The minimum absolute atomic E-state index is 0.0957. The van der Waals surface area contributed by atoms with Crippen LogP contribution in [0.1, 0.15) is 43.3 Å². The van der Waals surface area contributed by atoms with Gasteiger partial charge < -0.3 is 5.32 Å². The molecule has 0 amide bonds. The summed E-state index contributed by atoms with van der Waals surface area (Å²) >= 11 is 0. The molecule has 1 aromatic carbocycles. The van der Waals surface area contributed by atoms with E-state index in [1.165, 1.54) is 11.1 Å². The first kappa shape index (κ1) is 12.8. The van der Waals surface area contributed by atoms with E-state index >= 15 is 0 Å². The van der Waals surface area contributed by atoms with Crippen LogP contribution in [0.3, 0.4) is 0 Å². The smallest absolute Gasteiger partial charge is 0.145 e. The third-order valence-electron chi connectivity index (χ3n) is 3.03. The van der Waals surface area contributed by atoms with E-state index in [2.05, 4.69) is 58.6 Å². The summed E-state index contributed by atoms with van der Waals surface area (Å²) in [7, 11) is 0. The SMILES string of the molecule is CCCNC(c1ccc(CC)cc1)c1ncn[nH]1. The van der Waals surface area contributed by atoms with E-state index in [4.69, 9.17) is 0 Å². The molecule has 4 nitrogen and oxygen atoms in total. The Morgan fingerprint density at radius 3 is 2.56 bits per heavy atom. The summed E-state index contributed by atoms with van der Waals surface area (Å²) < 4.78 is 0. The maximum atomic E-state index is 4.26. The molecule has 0 aliphatic rings. The number of hydrogen-bond acceptors (Lipinski definition) is 3. The molecule has 1 atom stereocenters. The van der Waals surface area contributed by atoms with Gasteiger partial charge in [0.2, 0.25) is 0 Å². The third kappa shape index (κ3) is 2.96. The third-order valence-corrected chi connectivity index (χ3v) is 3.03. The van der Waals surface area contributed by atoms with Crippen molar-refractivity contribution >= 4 is 0 Å². The van der Waals surface area contributed by atoms with Gasteiger partial charge in [0.15, 0.2) is 0 Å². The van der Waals surface area contributed by atoms with Crippen molar-refractivity contribution in [2.75, 3.05) is 6.54 Å². The minimum atomic E-state index is 0.0957. The van der Waals surface area contributed by atoms with Crippen molar-refractivity contribution in [3.05, 3.63) is 47.5 Å². The molecule has 0 aliphatic carbocycles. The molecule has 18 heavy (non-hydrogen) atoms. The summed E-state index contributed by atoms with van der Waals surface area (Å²) in [5.74, 6) is 0.868. The number of H-pyrrole nitrogens is 1. The lowest BCUT2D eigenvalue weighted by molar-refractivity contribution is 0.573. The average Bonchev–Trinajstić information content (AvgIpc) is 2.94. The molecule has 0 saturated heterocycles. The van der Waals surface area contributed by atoms with E-state index in [1.54, 1.807) is 6.33 Å². The monoisotopic (exact) mass is 244 g/mol. The Labute approximate surface area is 108 Å². The van der Waals surface area contributed by atoms with E-state index in [-0.39, 0.29) is 6.04 Å². The lowest BCUT2D eigenvalue weighted by Crippen LogP contribution is -2.24. The van der Waals surface area contributed by atoms with E-state index in [9.17, 15) is 0 Å². The number of nitrogens with zero attached hydrogens (tertiary/aromatic N) is 2. The quantitative estimate of drug-likeness (QED) is 0.820. The Morgan fingerprint density at radius 2 is 2.00 bits per heavy atom. The van der Waals surface area contributed by atoms with Gasteiger partial charge in [-0.15, -0.1) is 0 Å². The van der Waals surface area contributed by atoms with Crippen LogP contribution < -0.4 is 5.32 Å². The fourth-order valence-corrected chi connectivity index (χ4v) is 1.96. The van der Waals surface area contributed by atoms with Crippen LogP contribution in [0.15, 0.2) is 30.6 Å². The first-order valence-electron chi connectivity index (χ1n) is 6.52. The van der Waals surface area contributed by atoms with Gasteiger partial charge in [0.1, 0.15) is 12.2 Å². The topological polar surface area (TPSA) is 53.6 Å². The highest BCUT2D eigenvalue weighted by Gasteiger charge is 2.15. The molecule has 0 fully saturated rings. The largest absolute Gasteiger partial charge is 0.304 e. The van der Waals surface area contributed by atoms with Crippen molar-refractivity contribution in [1.82, 2.24) is 20.5 Å². The zero-order chi connectivity index (χ0) is 12.8. The van der Waals surface area contributed by atoms with Crippen LogP contribution in [0.25, 0.3) is 0 Å². The van der Waals surface area contributed by atoms with Gasteiger partial charge >= 0.3 is 0 Å². The molecule has 0 aliphatic heterocycles. The molecule has 2 rings (SSSR count). The normalized spacial score (nSPS) is 12.6. The Hall–Kier alpha value is -1.68.